The highest BCUT2D eigenvalue weighted by atomic mass is 19.1. The second-order valence-corrected chi connectivity index (χ2v) is 3.29. The summed E-state index contributed by atoms with van der Waals surface area (Å²) in [5.41, 5.74) is -1.35. The van der Waals surface area contributed by atoms with Crippen LogP contribution in [0.3, 0.4) is 0 Å². The molecule has 0 aliphatic heterocycles. The Morgan fingerprint density at radius 2 is 2.28 bits per heavy atom. The van der Waals surface area contributed by atoms with Gasteiger partial charge in [0.1, 0.15) is 17.1 Å². The number of nitro groups is 1. The Morgan fingerprint density at radius 3 is 2.78 bits per heavy atom. The van der Waals surface area contributed by atoms with Crippen LogP contribution in [-0.2, 0) is 0 Å². The van der Waals surface area contributed by atoms with Crippen LogP contribution >= 0.6 is 0 Å². The van der Waals surface area contributed by atoms with E-state index >= 15 is 0 Å². The molecule has 1 rings (SSSR count). The minimum Gasteiger partial charge on any atom is -0.478 e. The molecule has 0 aliphatic carbocycles. The van der Waals surface area contributed by atoms with E-state index in [0.29, 0.717) is 12.5 Å². The van der Waals surface area contributed by atoms with E-state index in [1.807, 2.05) is 0 Å². The summed E-state index contributed by atoms with van der Waals surface area (Å²) in [5.74, 6) is -0.299. The predicted octanol–water partition coefficient (Wildman–Crippen LogP) is 1.87. The van der Waals surface area contributed by atoms with E-state index in [2.05, 4.69) is 11.2 Å². The van der Waals surface area contributed by atoms with Crippen molar-refractivity contribution in [3.63, 3.8) is 0 Å². The molecule has 0 atom stereocenters. The lowest BCUT2D eigenvalue weighted by atomic mass is 10.1. The van der Waals surface area contributed by atoms with E-state index in [9.17, 15) is 19.3 Å². The van der Waals surface area contributed by atoms with Crippen molar-refractivity contribution < 1.29 is 19.2 Å². The summed E-state index contributed by atoms with van der Waals surface area (Å²) in [6, 6.07) is 1.45. The fraction of sp³-hybridized carbons (Fsp3) is 0.182. The van der Waals surface area contributed by atoms with Crippen LogP contribution in [0.15, 0.2) is 12.1 Å². The van der Waals surface area contributed by atoms with Crippen LogP contribution in [0, 0.1) is 28.3 Å². The van der Waals surface area contributed by atoms with Gasteiger partial charge >= 0.3 is 5.97 Å². The van der Waals surface area contributed by atoms with Crippen molar-refractivity contribution in [3.8, 4) is 12.3 Å². The largest absolute Gasteiger partial charge is 0.478 e. The number of halogens is 1. The highest BCUT2D eigenvalue weighted by Crippen LogP contribution is 2.27. The maximum absolute atomic E-state index is 13.4. The summed E-state index contributed by atoms with van der Waals surface area (Å²) in [4.78, 5) is 20.6. The number of rotatable bonds is 5. The van der Waals surface area contributed by atoms with Gasteiger partial charge in [0.25, 0.3) is 5.69 Å². The molecule has 0 amide bonds. The van der Waals surface area contributed by atoms with Crippen LogP contribution in [0.2, 0.25) is 0 Å². The van der Waals surface area contributed by atoms with E-state index in [-0.39, 0.29) is 12.2 Å². The highest BCUT2D eigenvalue weighted by molar-refractivity contribution is 5.90. The topological polar surface area (TPSA) is 92.5 Å². The molecular formula is C11H9FN2O4. The monoisotopic (exact) mass is 252 g/mol. The molecule has 0 heterocycles. The lowest BCUT2D eigenvalue weighted by Crippen LogP contribution is -2.08. The van der Waals surface area contributed by atoms with Crippen LogP contribution in [-0.4, -0.2) is 22.5 Å². The smallest absolute Gasteiger partial charge is 0.338 e. The maximum atomic E-state index is 13.4. The molecule has 1 aromatic rings. The summed E-state index contributed by atoms with van der Waals surface area (Å²) in [7, 11) is 0. The van der Waals surface area contributed by atoms with Gasteiger partial charge in [0.15, 0.2) is 0 Å². The predicted molar refractivity (Wildman–Crippen MR) is 62.0 cm³/mol. The van der Waals surface area contributed by atoms with Gasteiger partial charge in [-0.2, -0.15) is 0 Å². The van der Waals surface area contributed by atoms with E-state index in [1.54, 1.807) is 0 Å². The van der Waals surface area contributed by atoms with Crippen LogP contribution in [0.4, 0.5) is 15.8 Å². The van der Waals surface area contributed by atoms with Crippen molar-refractivity contribution in [2.75, 3.05) is 11.9 Å². The molecule has 0 aromatic heterocycles. The average molecular weight is 252 g/mol. The summed E-state index contributed by atoms with van der Waals surface area (Å²) in [6.07, 6.45) is 5.31. The quantitative estimate of drug-likeness (QED) is 0.361. The highest BCUT2D eigenvalue weighted by Gasteiger charge is 2.21. The number of nitrogens with one attached hydrogen (secondary N) is 1. The Balaban J connectivity index is 3.17. The number of hydrogen-bond acceptors (Lipinski definition) is 4. The normalized spacial score (nSPS) is 9.56. The van der Waals surface area contributed by atoms with E-state index in [0.717, 1.165) is 6.07 Å². The fourth-order valence-electron chi connectivity index (χ4n) is 1.29. The Hall–Kier alpha value is -2.62. The molecule has 0 saturated carbocycles. The van der Waals surface area contributed by atoms with Crippen LogP contribution in [0.5, 0.6) is 0 Å². The lowest BCUT2D eigenvalue weighted by Gasteiger charge is -2.07. The van der Waals surface area contributed by atoms with Crippen molar-refractivity contribution in [2.45, 2.75) is 6.42 Å². The molecule has 1 aromatic carbocycles. The van der Waals surface area contributed by atoms with Gasteiger partial charge in [-0.15, -0.1) is 12.3 Å². The third-order valence-corrected chi connectivity index (χ3v) is 2.10. The van der Waals surface area contributed by atoms with E-state index in [4.69, 9.17) is 11.5 Å². The molecule has 18 heavy (non-hydrogen) atoms. The van der Waals surface area contributed by atoms with Gasteiger partial charge in [-0.3, -0.25) is 10.1 Å². The summed E-state index contributed by atoms with van der Waals surface area (Å²) in [6.45, 7) is 0.225. The summed E-state index contributed by atoms with van der Waals surface area (Å²) < 4.78 is 13.4. The molecule has 6 nitrogen and oxygen atoms in total. The Labute approximate surface area is 102 Å². The Bertz CT molecular complexity index is 537. The van der Waals surface area contributed by atoms with Crippen molar-refractivity contribution in [3.05, 3.63) is 33.6 Å². The molecule has 0 spiro atoms. The van der Waals surface area contributed by atoms with Crippen molar-refractivity contribution in [2.24, 2.45) is 0 Å². The number of hydrogen-bond donors (Lipinski definition) is 2. The minimum atomic E-state index is -1.56. The Morgan fingerprint density at radius 1 is 1.61 bits per heavy atom. The van der Waals surface area contributed by atoms with Gasteiger partial charge in [0, 0.05) is 25.1 Å². The molecule has 0 radical (unpaired) electrons. The first-order chi connectivity index (χ1) is 8.47. The SMILES string of the molecule is C#CCCNc1cc(F)c(C(=O)O)cc1[N+](=O)[O-]. The molecular weight excluding hydrogens is 243 g/mol. The van der Waals surface area contributed by atoms with Crippen molar-refractivity contribution in [1.82, 2.24) is 0 Å². The zero-order valence-electron chi connectivity index (χ0n) is 9.14. The van der Waals surface area contributed by atoms with Crippen molar-refractivity contribution >= 4 is 17.3 Å². The summed E-state index contributed by atoms with van der Waals surface area (Å²) in [5, 5.41) is 22.0. The molecule has 7 heteroatoms. The first-order valence-electron chi connectivity index (χ1n) is 4.86. The number of terminal acetylenes is 1. The van der Waals surface area contributed by atoms with Gasteiger partial charge in [-0.1, -0.05) is 0 Å². The molecule has 94 valence electrons. The number of nitrogens with zero attached hydrogens (tertiary/aromatic N) is 1. The third-order valence-electron chi connectivity index (χ3n) is 2.10. The number of carboxylic acid groups (broad SMARTS) is 1. The second kappa shape index (κ2) is 5.63. The number of carbonyl (C=O) groups is 1. The first-order valence-corrected chi connectivity index (χ1v) is 4.86. The number of anilines is 1. The lowest BCUT2D eigenvalue weighted by molar-refractivity contribution is -0.384. The molecule has 2 N–H and O–H groups in total. The van der Waals surface area contributed by atoms with Crippen molar-refractivity contribution in [1.29, 1.82) is 0 Å². The Kier molecular flexibility index (Phi) is 4.21. The van der Waals surface area contributed by atoms with Crippen LogP contribution < -0.4 is 5.32 Å². The van der Waals surface area contributed by atoms with Crippen LogP contribution in [0.1, 0.15) is 16.8 Å². The second-order valence-electron chi connectivity index (χ2n) is 3.29. The molecule has 0 bridgehead atoms. The fourth-order valence-corrected chi connectivity index (χ4v) is 1.29. The number of carboxylic acids is 1. The van der Waals surface area contributed by atoms with Gasteiger partial charge < -0.3 is 10.4 Å². The average Bonchev–Trinajstić information content (AvgIpc) is 2.28. The van der Waals surface area contributed by atoms with Crippen LogP contribution in [0.25, 0.3) is 0 Å². The zero-order valence-corrected chi connectivity index (χ0v) is 9.14. The van der Waals surface area contributed by atoms with Gasteiger partial charge in [0.2, 0.25) is 0 Å². The molecule has 0 unspecified atom stereocenters. The molecule has 0 saturated heterocycles. The van der Waals surface area contributed by atoms with E-state index < -0.39 is 28.0 Å². The number of aromatic carboxylic acids is 1. The first kappa shape index (κ1) is 13.4. The van der Waals surface area contributed by atoms with E-state index in [1.165, 1.54) is 0 Å². The molecule has 0 aliphatic rings. The third kappa shape index (κ3) is 2.95. The maximum Gasteiger partial charge on any atom is 0.338 e. The van der Waals surface area contributed by atoms with Gasteiger partial charge in [-0.05, 0) is 0 Å². The number of benzene rings is 1. The standard InChI is InChI=1S/C11H9FN2O4/c1-2-3-4-13-9-6-8(12)7(11(15)16)5-10(9)14(17)18/h1,5-6,13H,3-4H2,(H,15,16). The molecule has 0 fully saturated rings. The van der Waals surface area contributed by atoms with Gasteiger partial charge in [-0.25, -0.2) is 9.18 Å². The summed E-state index contributed by atoms with van der Waals surface area (Å²) >= 11 is 0. The zero-order chi connectivity index (χ0) is 13.7. The van der Waals surface area contributed by atoms with Gasteiger partial charge in [0.05, 0.1) is 4.92 Å². The number of nitro benzene ring substituents is 1. The minimum absolute atomic E-state index is 0.0993.